The van der Waals surface area contributed by atoms with Crippen LogP contribution in [-0.4, -0.2) is 10.4 Å². The van der Waals surface area contributed by atoms with E-state index in [-0.39, 0.29) is 0 Å². The molecular weight excluding hydrogens is 232 g/mol. The average Bonchev–Trinajstić information content (AvgIpc) is 2.59. The Kier molecular flexibility index (Phi) is 2.38. The summed E-state index contributed by atoms with van der Waals surface area (Å²) in [5, 5.41) is 11.0. The number of halogens is 1. The molecule has 68 valence electrons. The van der Waals surface area contributed by atoms with Crippen molar-refractivity contribution in [2.75, 3.05) is 5.33 Å². The Hall–Kier alpha value is -0.800. The molecule has 1 aromatic carbocycles. The molecule has 0 amide bonds. The van der Waals surface area contributed by atoms with Gasteiger partial charge in [-0.2, -0.15) is 0 Å². The second kappa shape index (κ2) is 3.52. The minimum absolute atomic E-state index is 0.493. The zero-order valence-corrected chi connectivity index (χ0v) is 8.49. The van der Waals surface area contributed by atoms with E-state index >= 15 is 0 Å². The van der Waals surface area contributed by atoms with Gasteiger partial charge in [0.15, 0.2) is 0 Å². The maximum absolute atomic E-state index is 9.49. The molecule has 3 heteroatoms. The molecule has 0 aliphatic carbocycles. The van der Waals surface area contributed by atoms with Crippen LogP contribution in [0.3, 0.4) is 0 Å². The third-order valence-electron chi connectivity index (χ3n) is 1.92. The predicted molar refractivity (Wildman–Crippen MR) is 55.0 cm³/mol. The predicted octanol–water partition coefficient (Wildman–Crippen LogP) is 2.86. The van der Waals surface area contributed by atoms with Crippen molar-refractivity contribution in [1.82, 2.24) is 0 Å². The molecule has 1 aromatic heterocycles. The van der Waals surface area contributed by atoms with E-state index in [0.717, 1.165) is 11.0 Å². The summed E-state index contributed by atoms with van der Waals surface area (Å²) < 4.78 is 5.44. The van der Waals surface area contributed by atoms with Gasteiger partial charge in [-0.1, -0.05) is 34.1 Å². The molecule has 0 aliphatic rings. The van der Waals surface area contributed by atoms with Crippen LogP contribution in [0.5, 0.6) is 0 Å². The summed E-state index contributed by atoms with van der Waals surface area (Å²) in [5.41, 5.74) is 0.817. The monoisotopic (exact) mass is 240 g/mol. The lowest BCUT2D eigenvalue weighted by atomic mass is 10.2. The number of furan rings is 1. The van der Waals surface area contributed by atoms with Crippen LogP contribution in [-0.2, 0) is 0 Å². The fourth-order valence-electron chi connectivity index (χ4n) is 1.24. The molecule has 0 bridgehead atoms. The third-order valence-corrected chi connectivity index (χ3v) is 2.53. The molecule has 1 N–H and O–H groups in total. The van der Waals surface area contributed by atoms with Crippen molar-refractivity contribution >= 4 is 26.9 Å². The Balaban J connectivity index is 2.49. The lowest BCUT2D eigenvalue weighted by molar-refractivity contribution is 0.178. The Bertz CT molecular complexity index is 375. The van der Waals surface area contributed by atoms with Crippen LogP contribution >= 0.6 is 15.9 Å². The summed E-state index contributed by atoms with van der Waals surface area (Å²) in [5.74, 6) is 0.609. The van der Waals surface area contributed by atoms with Gasteiger partial charge in [-0.25, -0.2) is 0 Å². The Morgan fingerprint density at radius 1 is 1.38 bits per heavy atom. The summed E-state index contributed by atoms with van der Waals surface area (Å²) in [6.45, 7) is 0. The summed E-state index contributed by atoms with van der Waals surface area (Å²) >= 11 is 3.20. The van der Waals surface area contributed by atoms with Crippen molar-refractivity contribution in [2.45, 2.75) is 6.10 Å². The Labute approximate surface area is 84.3 Å². The number of hydrogen-bond donors (Lipinski definition) is 1. The number of para-hydroxylation sites is 1. The minimum atomic E-state index is -0.563. The van der Waals surface area contributed by atoms with E-state index < -0.39 is 6.10 Å². The van der Waals surface area contributed by atoms with E-state index in [1.165, 1.54) is 0 Å². The van der Waals surface area contributed by atoms with Crippen LogP contribution in [0.4, 0.5) is 0 Å². The second-order valence-corrected chi connectivity index (χ2v) is 3.50. The summed E-state index contributed by atoms with van der Waals surface area (Å²) in [6, 6.07) is 9.57. The van der Waals surface area contributed by atoms with E-state index in [1.807, 2.05) is 30.3 Å². The Morgan fingerprint density at radius 2 is 2.15 bits per heavy atom. The standard InChI is InChI=1S/C10H9BrO2/c11-6-8(12)10-5-7-3-1-2-4-9(7)13-10/h1-5,8,12H,6H2/t8-/m0/s1. The van der Waals surface area contributed by atoms with Gasteiger partial charge in [0.2, 0.25) is 0 Å². The largest absolute Gasteiger partial charge is 0.458 e. The van der Waals surface area contributed by atoms with Gasteiger partial charge in [-0.15, -0.1) is 0 Å². The third kappa shape index (κ3) is 1.62. The molecule has 0 unspecified atom stereocenters. The van der Waals surface area contributed by atoms with E-state index in [9.17, 15) is 5.11 Å². The SMILES string of the molecule is O[C@@H](CBr)c1cc2ccccc2o1. The molecule has 0 saturated heterocycles. The maximum atomic E-state index is 9.49. The van der Waals surface area contributed by atoms with Crippen LogP contribution in [0.2, 0.25) is 0 Å². The second-order valence-electron chi connectivity index (χ2n) is 2.86. The number of benzene rings is 1. The molecule has 2 rings (SSSR count). The zero-order chi connectivity index (χ0) is 9.26. The van der Waals surface area contributed by atoms with Crippen molar-refractivity contribution in [3.8, 4) is 0 Å². The van der Waals surface area contributed by atoms with Crippen LogP contribution in [0, 0.1) is 0 Å². The molecule has 0 spiro atoms. The fraction of sp³-hybridized carbons (Fsp3) is 0.200. The zero-order valence-electron chi connectivity index (χ0n) is 6.90. The summed E-state index contributed by atoms with van der Waals surface area (Å²) in [4.78, 5) is 0. The first-order chi connectivity index (χ1) is 6.31. The highest BCUT2D eigenvalue weighted by Gasteiger charge is 2.10. The molecule has 2 nitrogen and oxygen atoms in total. The minimum Gasteiger partial charge on any atom is -0.458 e. The van der Waals surface area contributed by atoms with E-state index in [0.29, 0.717) is 11.1 Å². The lowest BCUT2D eigenvalue weighted by Gasteiger charge is -1.99. The van der Waals surface area contributed by atoms with Crippen molar-refractivity contribution in [1.29, 1.82) is 0 Å². The van der Waals surface area contributed by atoms with Gasteiger partial charge >= 0.3 is 0 Å². The summed E-state index contributed by atoms with van der Waals surface area (Å²) in [6.07, 6.45) is -0.563. The number of alkyl halides is 1. The van der Waals surface area contributed by atoms with Crippen molar-refractivity contribution < 1.29 is 9.52 Å². The van der Waals surface area contributed by atoms with E-state index in [1.54, 1.807) is 0 Å². The highest BCUT2D eigenvalue weighted by atomic mass is 79.9. The van der Waals surface area contributed by atoms with Gasteiger partial charge in [-0.3, -0.25) is 0 Å². The van der Waals surface area contributed by atoms with Crippen LogP contribution in [0.1, 0.15) is 11.9 Å². The van der Waals surface area contributed by atoms with Gasteiger partial charge < -0.3 is 9.52 Å². The van der Waals surface area contributed by atoms with Gasteiger partial charge in [0.25, 0.3) is 0 Å². The Morgan fingerprint density at radius 3 is 2.85 bits per heavy atom. The fourth-order valence-corrected chi connectivity index (χ4v) is 1.56. The first-order valence-corrected chi connectivity index (χ1v) is 5.16. The van der Waals surface area contributed by atoms with Gasteiger partial charge in [-0.05, 0) is 12.1 Å². The molecule has 0 aliphatic heterocycles. The first-order valence-electron chi connectivity index (χ1n) is 4.04. The van der Waals surface area contributed by atoms with Crippen LogP contribution in [0.15, 0.2) is 34.7 Å². The van der Waals surface area contributed by atoms with Gasteiger partial charge in [0, 0.05) is 10.7 Å². The average molecular weight is 241 g/mol. The molecule has 0 fully saturated rings. The topological polar surface area (TPSA) is 33.4 Å². The summed E-state index contributed by atoms with van der Waals surface area (Å²) in [7, 11) is 0. The smallest absolute Gasteiger partial charge is 0.134 e. The molecular formula is C10H9BrO2. The van der Waals surface area contributed by atoms with E-state index in [2.05, 4.69) is 15.9 Å². The maximum Gasteiger partial charge on any atom is 0.134 e. The molecule has 13 heavy (non-hydrogen) atoms. The normalized spacial score (nSPS) is 13.4. The number of aliphatic hydroxyl groups excluding tert-OH is 1. The number of rotatable bonds is 2. The first kappa shape index (κ1) is 8.78. The number of hydrogen-bond acceptors (Lipinski definition) is 2. The van der Waals surface area contributed by atoms with Crippen molar-refractivity contribution in [3.05, 3.63) is 36.1 Å². The molecule has 1 atom stereocenters. The van der Waals surface area contributed by atoms with Crippen molar-refractivity contribution in [2.24, 2.45) is 0 Å². The quantitative estimate of drug-likeness (QED) is 0.820. The number of fused-ring (bicyclic) bond motifs is 1. The van der Waals surface area contributed by atoms with Gasteiger partial charge in [0.05, 0.1) is 0 Å². The highest BCUT2D eigenvalue weighted by molar-refractivity contribution is 9.09. The highest BCUT2D eigenvalue weighted by Crippen LogP contribution is 2.24. The molecule has 1 heterocycles. The molecule has 0 radical (unpaired) electrons. The number of aliphatic hydroxyl groups is 1. The molecule has 0 saturated carbocycles. The lowest BCUT2D eigenvalue weighted by Crippen LogP contribution is -1.94. The van der Waals surface area contributed by atoms with Gasteiger partial charge in [0.1, 0.15) is 17.4 Å². The van der Waals surface area contributed by atoms with Crippen molar-refractivity contribution in [3.63, 3.8) is 0 Å². The van der Waals surface area contributed by atoms with E-state index in [4.69, 9.17) is 4.42 Å². The van der Waals surface area contributed by atoms with Crippen LogP contribution in [0.25, 0.3) is 11.0 Å². The van der Waals surface area contributed by atoms with Crippen LogP contribution < -0.4 is 0 Å². The molecule has 2 aromatic rings.